The van der Waals surface area contributed by atoms with Crippen molar-refractivity contribution in [2.45, 2.75) is 45.6 Å². The van der Waals surface area contributed by atoms with E-state index in [1.165, 1.54) is 0 Å². The molecule has 1 saturated heterocycles. The quantitative estimate of drug-likeness (QED) is 0.938. The van der Waals surface area contributed by atoms with E-state index in [4.69, 9.17) is 10.7 Å². The third-order valence-electron chi connectivity index (χ3n) is 5.05. The molecule has 0 aliphatic carbocycles. The van der Waals surface area contributed by atoms with Gasteiger partial charge in [0.1, 0.15) is 0 Å². The second-order valence-electron chi connectivity index (χ2n) is 7.28. The van der Waals surface area contributed by atoms with Gasteiger partial charge in [-0.3, -0.25) is 9.78 Å². The number of likely N-dealkylation sites (tertiary alicyclic amines) is 1. The highest BCUT2D eigenvalue weighted by atomic mass is 16.2. The van der Waals surface area contributed by atoms with Gasteiger partial charge in [0.2, 0.25) is 0 Å². The first-order chi connectivity index (χ1) is 11.5. The van der Waals surface area contributed by atoms with E-state index in [9.17, 15) is 4.79 Å². The molecule has 1 aromatic carbocycles. The number of carbonyl (C=O) groups excluding carboxylic acids is 1. The number of piperidine rings is 1. The molecule has 1 amide bonds. The van der Waals surface area contributed by atoms with Crippen molar-refractivity contribution in [3.63, 3.8) is 0 Å². The van der Waals surface area contributed by atoms with Crippen LogP contribution in [0.25, 0.3) is 10.9 Å². The van der Waals surface area contributed by atoms with Crippen LogP contribution in [-0.4, -0.2) is 34.9 Å². The molecule has 2 aromatic rings. The second kappa shape index (κ2) is 6.89. The number of carbonyl (C=O) groups is 1. The first-order valence-electron chi connectivity index (χ1n) is 8.92. The topological polar surface area (TPSA) is 59.2 Å². The monoisotopic (exact) mass is 325 g/mol. The zero-order valence-corrected chi connectivity index (χ0v) is 14.8. The van der Waals surface area contributed by atoms with Gasteiger partial charge in [0, 0.05) is 30.2 Å². The average molecular weight is 325 g/mol. The van der Waals surface area contributed by atoms with E-state index in [2.05, 4.69) is 13.8 Å². The van der Waals surface area contributed by atoms with Gasteiger partial charge in [0.05, 0.1) is 11.1 Å². The summed E-state index contributed by atoms with van der Waals surface area (Å²) in [7, 11) is 0. The fourth-order valence-electron chi connectivity index (χ4n) is 3.46. The molecule has 0 saturated carbocycles. The SMILES string of the molecule is CC(C)c1cc(C(=O)N2CCCC(C(C)N)C2)c2ccccc2n1. The molecule has 0 radical (unpaired) electrons. The minimum Gasteiger partial charge on any atom is -0.338 e. The molecule has 2 N–H and O–H groups in total. The maximum Gasteiger partial charge on any atom is 0.254 e. The summed E-state index contributed by atoms with van der Waals surface area (Å²) in [6, 6.07) is 10.0. The lowest BCUT2D eigenvalue weighted by Gasteiger charge is -2.35. The van der Waals surface area contributed by atoms with Gasteiger partial charge >= 0.3 is 0 Å². The number of rotatable bonds is 3. The highest BCUT2D eigenvalue weighted by Gasteiger charge is 2.27. The number of para-hydroxylation sites is 1. The van der Waals surface area contributed by atoms with Crippen LogP contribution in [0, 0.1) is 5.92 Å². The van der Waals surface area contributed by atoms with Crippen LogP contribution in [0.1, 0.15) is 55.6 Å². The van der Waals surface area contributed by atoms with E-state index in [-0.39, 0.29) is 11.9 Å². The summed E-state index contributed by atoms with van der Waals surface area (Å²) >= 11 is 0. The Morgan fingerprint density at radius 3 is 2.75 bits per heavy atom. The molecule has 2 unspecified atom stereocenters. The minimum absolute atomic E-state index is 0.112. The molecule has 1 aromatic heterocycles. The number of pyridine rings is 1. The van der Waals surface area contributed by atoms with Gasteiger partial charge < -0.3 is 10.6 Å². The Balaban J connectivity index is 1.99. The van der Waals surface area contributed by atoms with Crippen molar-refractivity contribution in [2.75, 3.05) is 13.1 Å². The van der Waals surface area contributed by atoms with Crippen molar-refractivity contribution in [1.82, 2.24) is 9.88 Å². The highest BCUT2D eigenvalue weighted by molar-refractivity contribution is 6.06. The van der Waals surface area contributed by atoms with E-state index < -0.39 is 0 Å². The number of hydrogen-bond acceptors (Lipinski definition) is 3. The Morgan fingerprint density at radius 2 is 2.04 bits per heavy atom. The molecule has 2 heterocycles. The number of aromatic nitrogens is 1. The van der Waals surface area contributed by atoms with E-state index in [1.54, 1.807) is 0 Å². The van der Waals surface area contributed by atoms with Crippen LogP contribution < -0.4 is 5.73 Å². The smallest absolute Gasteiger partial charge is 0.254 e. The predicted molar refractivity (Wildman–Crippen MR) is 98.1 cm³/mol. The lowest BCUT2D eigenvalue weighted by Crippen LogP contribution is -2.45. The third-order valence-corrected chi connectivity index (χ3v) is 5.05. The van der Waals surface area contributed by atoms with Crippen molar-refractivity contribution in [3.05, 3.63) is 41.6 Å². The van der Waals surface area contributed by atoms with Crippen molar-refractivity contribution >= 4 is 16.8 Å². The zero-order chi connectivity index (χ0) is 17.3. The summed E-state index contributed by atoms with van der Waals surface area (Å²) in [6.45, 7) is 7.83. The van der Waals surface area contributed by atoms with E-state index in [0.29, 0.717) is 11.8 Å². The van der Waals surface area contributed by atoms with Crippen LogP contribution in [0.2, 0.25) is 0 Å². The van der Waals surface area contributed by atoms with Gasteiger partial charge in [-0.25, -0.2) is 0 Å². The van der Waals surface area contributed by atoms with Crippen molar-refractivity contribution in [1.29, 1.82) is 0 Å². The van der Waals surface area contributed by atoms with Crippen LogP contribution >= 0.6 is 0 Å². The molecule has 3 rings (SSSR count). The number of nitrogens with zero attached hydrogens (tertiary/aromatic N) is 2. The lowest BCUT2D eigenvalue weighted by atomic mass is 9.91. The molecule has 1 aliphatic rings. The zero-order valence-electron chi connectivity index (χ0n) is 14.8. The van der Waals surface area contributed by atoms with Crippen LogP contribution in [0.3, 0.4) is 0 Å². The fourth-order valence-corrected chi connectivity index (χ4v) is 3.46. The number of benzene rings is 1. The molecule has 128 valence electrons. The Morgan fingerprint density at radius 1 is 1.29 bits per heavy atom. The van der Waals surface area contributed by atoms with Crippen molar-refractivity contribution < 1.29 is 4.79 Å². The third kappa shape index (κ3) is 3.29. The molecular weight excluding hydrogens is 298 g/mol. The minimum atomic E-state index is 0.112. The molecule has 0 spiro atoms. The summed E-state index contributed by atoms with van der Waals surface area (Å²) in [6.07, 6.45) is 2.13. The molecule has 2 atom stereocenters. The average Bonchev–Trinajstić information content (AvgIpc) is 2.60. The van der Waals surface area contributed by atoms with Gasteiger partial charge in [0.25, 0.3) is 5.91 Å². The Labute approximate surface area is 144 Å². The maximum atomic E-state index is 13.2. The van der Waals surface area contributed by atoms with Gasteiger partial charge in [-0.1, -0.05) is 32.0 Å². The predicted octanol–water partition coefficient (Wildman–Crippen LogP) is 3.56. The van der Waals surface area contributed by atoms with Crippen LogP contribution in [0.4, 0.5) is 0 Å². The molecule has 1 aliphatic heterocycles. The van der Waals surface area contributed by atoms with E-state index >= 15 is 0 Å². The van der Waals surface area contributed by atoms with Gasteiger partial charge in [-0.05, 0) is 43.7 Å². The van der Waals surface area contributed by atoms with Crippen molar-refractivity contribution in [2.24, 2.45) is 11.7 Å². The first kappa shape index (κ1) is 16.9. The van der Waals surface area contributed by atoms with Gasteiger partial charge in [-0.2, -0.15) is 0 Å². The summed E-state index contributed by atoms with van der Waals surface area (Å²) in [5.41, 5.74) is 8.71. The van der Waals surface area contributed by atoms with E-state index in [1.807, 2.05) is 42.2 Å². The summed E-state index contributed by atoms with van der Waals surface area (Å²) in [4.78, 5) is 19.9. The van der Waals surface area contributed by atoms with Crippen LogP contribution in [0.5, 0.6) is 0 Å². The summed E-state index contributed by atoms with van der Waals surface area (Å²) in [5.74, 6) is 0.792. The molecule has 4 nitrogen and oxygen atoms in total. The number of fused-ring (bicyclic) bond motifs is 1. The maximum absolute atomic E-state index is 13.2. The van der Waals surface area contributed by atoms with Gasteiger partial charge in [-0.15, -0.1) is 0 Å². The Kier molecular flexibility index (Phi) is 4.86. The highest BCUT2D eigenvalue weighted by Crippen LogP contribution is 2.26. The number of nitrogens with two attached hydrogens (primary N) is 1. The number of hydrogen-bond donors (Lipinski definition) is 1. The van der Waals surface area contributed by atoms with Crippen LogP contribution in [0.15, 0.2) is 30.3 Å². The normalized spacial score (nSPS) is 19.7. The lowest BCUT2D eigenvalue weighted by molar-refractivity contribution is 0.0663. The fraction of sp³-hybridized carbons (Fsp3) is 0.500. The Hall–Kier alpha value is -1.94. The van der Waals surface area contributed by atoms with Crippen LogP contribution in [-0.2, 0) is 0 Å². The number of amides is 1. The Bertz CT molecular complexity index is 739. The standard InChI is InChI=1S/C20H27N3O/c1-13(2)19-11-17(16-8-4-5-9-18(16)22-19)20(24)23-10-6-7-15(12-23)14(3)21/h4-5,8-9,11,13-15H,6-7,10,12,21H2,1-3H3. The summed E-state index contributed by atoms with van der Waals surface area (Å²) in [5, 5.41) is 0.940. The largest absolute Gasteiger partial charge is 0.338 e. The van der Waals surface area contributed by atoms with Gasteiger partial charge in [0.15, 0.2) is 0 Å². The summed E-state index contributed by atoms with van der Waals surface area (Å²) < 4.78 is 0. The van der Waals surface area contributed by atoms with Crippen molar-refractivity contribution in [3.8, 4) is 0 Å². The molecule has 24 heavy (non-hydrogen) atoms. The molecule has 1 fully saturated rings. The van der Waals surface area contributed by atoms with E-state index in [0.717, 1.165) is 48.1 Å². The molecule has 4 heteroatoms. The molecular formula is C20H27N3O. The first-order valence-corrected chi connectivity index (χ1v) is 8.92. The second-order valence-corrected chi connectivity index (χ2v) is 7.28. The molecule has 0 bridgehead atoms.